The predicted octanol–water partition coefficient (Wildman–Crippen LogP) is 7.36. The molecule has 2 fully saturated rings. The van der Waals surface area contributed by atoms with Crippen LogP contribution in [0.25, 0.3) is 43.3 Å². The standard InChI is InChI=1S/C19H16N4O.C11H8O2.C4H5N3.C4H6N/c24-15-8-5-12-3-1-2-4-14(12)17(15)18-19(21-13-6-7-13)23-10-9-20-11-16(23)22-18;12-7-10-9-4-2-1-3-8(9)5-6-11(10)13;5-4-3-6-1-2-7-4;1-5-4-2-3-4/h1-5,8-11,13,21,24H,6-7H2;1-7,13H;1-3H,(H2,5,7);1,4H,2-3H2/q;;;+1. The molecule has 244 valence electrons. The molecule has 3 aromatic heterocycles. The number of anilines is 2. The van der Waals surface area contributed by atoms with Gasteiger partial charge < -0.3 is 21.3 Å². The van der Waals surface area contributed by atoms with E-state index in [2.05, 4.69) is 25.1 Å². The summed E-state index contributed by atoms with van der Waals surface area (Å²) in [4.78, 5) is 30.5. The zero-order chi connectivity index (χ0) is 34.2. The van der Waals surface area contributed by atoms with Gasteiger partial charge in [-0.3, -0.25) is 19.2 Å². The largest absolute Gasteiger partial charge is 0.507 e. The van der Waals surface area contributed by atoms with E-state index in [9.17, 15) is 15.0 Å². The molecule has 7 aromatic rings. The SMILES string of the molecule is C#[N+]C1CC1.Nc1cnccn1.O=Cc1c(O)ccc2ccccc12.Oc1ccc2ccccc2c1-c1nc2cnccn2c1NC1CC1. The molecule has 0 saturated heterocycles. The molecule has 11 nitrogen and oxygen atoms in total. The summed E-state index contributed by atoms with van der Waals surface area (Å²) >= 11 is 0. The van der Waals surface area contributed by atoms with Crippen molar-refractivity contribution in [2.75, 3.05) is 11.1 Å². The summed E-state index contributed by atoms with van der Waals surface area (Å²) in [6.45, 7) is 4.86. The van der Waals surface area contributed by atoms with Crippen LogP contribution in [0.2, 0.25) is 0 Å². The fraction of sp³-hybridized carbons (Fsp3) is 0.158. The number of rotatable bonds is 4. The van der Waals surface area contributed by atoms with Gasteiger partial charge in [0.2, 0.25) is 0 Å². The Bertz CT molecular complexity index is 2260. The Morgan fingerprint density at radius 3 is 2.10 bits per heavy atom. The zero-order valence-corrected chi connectivity index (χ0v) is 26.6. The number of nitrogens with two attached hydrogens (primary N) is 1. The van der Waals surface area contributed by atoms with Crippen LogP contribution in [0, 0.1) is 6.57 Å². The lowest BCUT2D eigenvalue weighted by atomic mass is 10.0. The highest BCUT2D eigenvalue weighted by molar-refractivity contribution is 6.02. The average Bonchev–Trinajstić information content (AvgIpc) is 4.08. The van der Waals surface area contributed by atoms with Crippen LogP contribution in [0.4, 0.5) is 11.6 Å². The highest BCUT2D eigenvalue weighted by atomic mass is 16.3. The van der Waals surface area contributed by atoms with Crippen LogP contribution in [-0.2, 0) is 0 Å². The van der Waals surface area contributed by atoms with Crippen LogP contribution >= 0.6 is 0 Å². The molecule has 0 bridgehead atoms. The zero-order valence-electron chi connectivity index (χ0n) is 26.6. The number of nitrogens with one attached hydrogen (secondary N) is 1. The van der Waals surface area contributed by atoms with Crippen molar-refractivity contribution in [3.8, 4) is 29.3 Å². The number of aromatic hydroxyl groups is 2. The molecule has 49 heavy (non-hydrogen) atoms. The van der Waals surface area contributed by atoms with Crippen LogP contribution < -0.4 is 11.1 Å². The Morgan fingerprint density at radius 1 is 0.837 bits per heavy atom. The highest BCUT2D eigenvalue weighted by Gasteiger charge is 2.30. The summed E-state index contributed by atoms with van der Waals surface area (Å²) in [5, 5.41) is 27.3. The van der Waals surface area contributed by atoms with E-state index in [1.54, 1.807) is 36.9 Å². The van der Waals surface area contributed by atoms with Crippen LogP contribution in [-0.4, -0.2) is 52.9 Å². The van der Waals surface area contributed by atoms with Crippen LogP contribution in [0.3, 0.4) is 0 Å². The summed E-state index contributed by atoms with van der Waals surface area (Å²) in [5.74, 6) is 1.65. The third-order valence-corrected chi connectivity index (χ3v) is 7.90. The van der Waals surface area contributed by atoms with Gasteiger partial charge in [0.05, 0.1) is 23.5 Å². The second-order valence-corrected chi connectivity index (χ2v) is 11.6. The molecule has 3 heterocycles. The van der Waals surface area contributed by atoms with Crippen molar-refractivity contribution in [1.29, 1.82) is 0 Å². The molecular weight excluding hydrogens is 616 g/mol. The van der Waals surface area contributed by atoms with Crippen LogP contribution in [0.5, 0.6) is 11.5 Å². The van der Waals surface area contributed by atoms with Crippen molar-refractivity contribution in [3.63, 3.8) is 0 Å². The molecule has 0 aliphatic heterocycles. The minimum Gasteiger partial charge on any atom is -0.507 e. The van der Waals surface area contributed by atoms with Gasteiger partial charge >= 0.3 is 0 Å². The molecule has 0 unspecified atom stereocenters. The third-order valence-electron chi connectivity index (χ3n) is 7.90. The number of aldehydes is 1. The maximum atomic E-state index is 10.7. The first-order valence-electron chi connectivity index (χ1n) is 15.8. The summed E-state index contributed by atoms with van der Waals surface area (Å²) < 4.78 is 2.00. The summed E-state index contributed by atoms with van der Waals surface area (Å²) in [6, 6.07) is 23.5. The number of fused-ring (bicyclic) bond motifs is 3. The summed E-state index contributed by atoms with van der Waals surface area (Å²) in [7, 11) is 0. The summed E-state index contributed by atoms with van der Waals surface area (Å²) in [5.41, 5.74) is 7.84. The number of phenols is 2. The molecule has 2 saturated carbocycles. The molecule has 2 aliphatic carbocycles. The molecule has 11 heteroatoms. The van der Waals surface area contributed by atoms with E-state index in [0.717, 1.165) is 44.3 Å². The number of aromatic nitrogens is 5. The van der Waals surface area contributed by atoms with E-state index in [-0.39, 0.29) is 11.5 Å². The molecule has 0 amide bonds. The number of imidazole rings is 1. The number of benzene rings is 4. The fourth-order valence-corrected chi connectivity index (χ4v) is 5.09. The smallest absolute Gasteiger partial charge is 0.272 e. The number of nitrogen functional groups attached to an aromatic ring is 1. The number of carbonyl (C=O) groups excluding carboxylic acids is 1. The predicted molar refractivity (Wildman–Crippen MR) is 193 cm³/mol. The molecule has 2 aliphatic rings. The number of hydrogen-bond donors (Lipinski definition) is 4. The van der Waals surface area contributed by atoms with E-state index >= 15 is 0 Å². The second kappa shape index (κ2) is 14.9. The number of hydrogen-bond acceptors (Lipinski definition) is 9. The van der Waals surface area contributed by atoms with Gasteiger partial charge in [0.15, 0.2) is 11.9 Å². The topological polar surface area (TPSA) is 156 Å². The first-order valence-corrected chi connectivity index (χ1v) is 15.8. The van der Waals surface area contributed by atoms with E-state index in [0.29, 0.717) is 29.8 Å². The molecule has 0 radical (unpaired) electrons. The molecule has 0 spiro atoms. The van der Waals surface area contributed by atoms with E-state index in [1.807, 2.05) is 65.2 Å². The number of nitrogens with zero attached hydrogens (tertiary/aromatic N) is 6. The van der Waals surface area contributed by atoms with Crippen molar-refractivity contribution in [3.05, 3.63) is 120 Å². The van der Waals surface area contributed by atoms with Gasteiger partial charge in [-0.25, -0.2) is 9.97 Å². The first-order chi connectivity index (χ1) is 24.0. The van der Waals surface area contributed by atoms with E-state index in [4.69, 9.17) is 17.3 Å². The lowest BCUT2D eigenvalue weighted by Gasteiger charge is -2.11. The van der Waals surface area contributed by atoms with Crippen molar-refractivity contribution in [2.45, 2.75) is 37.8 Å². The van der Waals surface area contributed by atoms with Gasteiger partial charge in [0, 0.05) is 43.7 Å². The highest BCUT2D eigenvalue weighted by Crippen LogP contribution is 2.41. The Labute approximate surface area is 282 Å². The van der Waals surface area contributed by atoms with Crippen molar-refractivity contribution in [1.82, 2.24) is 24.3 Å². The average molecular weight is 652 g/mol. The van der Waals surface area contributed by atoms with Crippen molar-refractivity contribution in [2.24, 2.45) is 0 Å². The van der Waals surface area contributed by atoms with Crippen LogP contribution in [0.15, 0.2) is 110 Å². The third kappa shape index (κ3) is 7.89. The van der Waals surface area contributed by atoms with Gasteiger partial charge in [0.1, 0.15) is 28.8 Å². The lowest BCUT2D eigenvalue weighted by molar-refractivity contribution is 0.112. The lowest BCUT2D eigenvalue weighted by Crippen LogP contribution is -2.05. The molecule has 4 aromatic carbocycles. The fourth-order valence-electron chi connectivity index (χ4n) is 5.09. The molecular formula is C38H35N8O3+. The van der Waals surface area contributed by atoms with Gasteiger partial charge in [0.25, 0.3) is 12.6 Å². The molecule has 5 N–H and O–H groups in total. The summed E-state index contributed by atoms with van der Waals surface area (Å²) in [6.07, 6.45) is 15.5. The number of phenolic OH excluding ortho intramolecular Hbond substituents is 2. The van der Waals surface area contributed by atoms with Gasteiger partial charge in [-0.1, -0.05) is 65.5 Å². The Kier molecular flexibility index (Phi) is 9.86. The van der Waals surface area contributed by atoms with E-state index in [1.165, 1.54) is 37.9 Å². The van der Waals surface area contributed by atoms with Gasteiger partial charge in [-0.2, -0.15) is 0 Å². The number of carbonyl (C=O) groups is 1. The quantitative estimate of drug-likeness (QED) is 0.143. The van der Waals surface area contributed by atoms with Gasteiger partial charge in [-0.05, 0) is 46.5 Å². The monoisotopic (exact) mass is 651 g/mol. The minimum atomic E-state index is 0.0358. The Morgan fingerprint density at radius 2 is 1.51 bits per heavy atom. The first kappa shape index (κ1) is 32.4. The van der Waals surface area contributed by atoms with Crippen molar-refractivity contribution >= 4 is 45.1 Å². The Hall–Kier alpha value is -6.54. The maximum Gasteiger partial charge on any atom is 0.272 e. The Balaban J connectivity index is 0.000000138. The molecule has 9 rings (SSSR count). The van der Waals surface area contributed by atoms with Gasteiger partial charge in [-0.15, -0.1) is 0 Å². The normalized spacial score (nSPS) is 13.1. The van der Waals surface area contributed by atoms with Crippen LogP contribution in [0.1, 0.15) is 36.0 Å². The minimum absolute atomic E-state index is 0.0358. The maximum absolute atomic E-state index is 10.7. The van der Waals surface area contributed by atoms with Crippen molar-refractivity contribution < 1.29 is 15.0 Å². The molecule has 0 atom stereocenters. The second-order valence-electron chi connectivity index (χ2n) is 11.6. The van der Waals surface area contributed by atoms with E-state index < -0.39 is 0 Å².